The van der Waals surface area contributed by atoms with Crippen molar-refractivity contribution in [2.75, 3.05) is 19.8 Å². The topological polar surface area (TPSA) is 90.7 Å². The lowest BCUT2D eigenvalue weighted by Gasteiger charge is -2.27. The van der Waals surface area contributed by atoms with Gasteiger partial charge in [-0.25, -0.2) is 9.59 Å². The molecule has 0 saturated carbocycles. The van der Waals surface area contributed by atoms with Gasteiger partial charge in [0.05, 0.1) is 0 Å². The molecule has 1 unspecified atom stereocenters. The standard InChI is InChI=1S/C12H24N2O4/c1-4-6-12(3,8-17-10(13)15)9-18-11(16)14-7-5-2/h4-9H2,1-3H3,(H2,13,15)(H,14,16). The van der Waals surface area contributed by atoms with Crippen molar-refractivity contribution < 1.29 is 19.1 Å². The van der Waals surface area contributed by atoms with E-state index in [1.165, 1.54) is 0 Å². The van der Waals surface area contributed by atoms with Gasteiger partial charge >= 0.3 is 12.2 Å². The van der Waals surface area contributed by atoms with Gasteiger partial charge in [0, 0.05) is 12.0 Å². The predicted octanol–water partition coefficient (Wildman–Crippen LogP) is 2.02. The van der Waals surface area contributed by atoms with E-state index in [1.54, 1.807) is 0 Å². The van der Waals surface area contributed by atoms with Crippen LogP contribution in [0.15, 0.2) is 0 Å². The molecule has 0 aliphatic heterocycles. The van der Waals surface area contributed by atoms with Gasteiger partial charge in [0.15, 0.2) is 0 Å². The van der Waals surface area contributed by atoms with Gasteiger partial charge in [-0.3, -0.25) is 0 Å². The summed E-state index contributed by atoms with van der Waals surface area (Å²) in [5.41, 5.74) is 4.54. The summed E-state index contributed by atoms with van der Waals surface area (Å²) in [6, 6.07) is 0. The van der Waals surface area contributed by atoms with Gasteiger partial charge in [-0.05, 0) is 12.8 Å². The second-order valence-electron chi connectivity index (χ2n) is 4.67. The van der Waals surface area contributed by atoms with E-state index in [-0.39, 0.29) is 13.2 Å². The Morgan fingerprint density at radius 2 is 1.78 bits per heavy atom. The molecular formula is C12H24N2O4. The second-order valence-corrected chi connectivity index (χ2v) is 4.67. The number of carbonyl (C=O) groups excluding carboxylic acids is 2. The number of primary amides is 1. The molecule has 0 fully saturated rings. The van der Waals surface area contributed by atoms with Gasteiger partial charge in [0.1, 0.15) is 13.2 Å². The number of amides is 2. The first-order chi connectivity index (χ1) is 8.43. The average Bonchev–Trinajstić information content (AvgIpc) is 2.32. The number of hydrogen-bond donors (Lipinski definition) is 2. The van der Waals surface area contributed by atoms with E-state index in [0.717, 1.165) is 19.3 Å². The van der Waals surface area contributed by atoms with Crippen molar-refractivity contribution in [3.63, 3.8) is 0 Å². The molecule has 6 heteroatoms. The van der Waals surface area contributed by atoms with Gasteiger partial charge in [-0.2, -0.15) is 0 Å². The molecule has 0 aromatic carbocycles. The van der Waals surface area contributed by atoms with Crippen LogP contribution in [0.4, 0.5) is 9.59 Å². The Bertz CT molecular complexity index is 271. The molecule has 106 valence electrons. The molecule has 0 spiro atoms. The van der Waals surface area contributed by atoms with E-state index in [0.29, 0.717) is 6.54 Å². The Labute approximate surface area is 108 Å². The fourth-order valence-electron chi connectivity index (χ4n) is 1.55. The zero-order valence-corrected chi connectivity index (χ0v) is 11.5. The van der Waals surface area contributed by atoms with E-state index < -0.39 is 17.6 Å². The maximum atomic E-state index is 11.3. The van der Waals surface area contributed by atoms with Crippen LogP contribution in [0.2, 0.25) is 0 Å². The molecule has 0 aromatic rings. The van der Waals surface area contributed by atoms with Crippen LogP contribution in [0, 0.1) is 5.41 Å². The van der Waals surface area contributed by atoms with Crippen molar-refractivity contribution in [3.8, 4) is 0 Å². The molecule has 0 aliphatic carbocycles. The lowest BCUT2D eigenvalue weighted by molar-refractivity contribution is 0.0339. The van der Waals surface area contributed by atoms with Gasteiger partial charge in [0.2, 0.25) is 0 Å². The molecule has 0 aromatic heterocycles. The monoisotopic (exact) mass is 260 g/mol. The van der Waals surface area contributed by atoms with Crippen molar-refractivity contribution >= 4 is 12.2 Å². The molecule has 0 heterocycles. The SMILES string of the molecule is CCCNC(=O)OCC(C)(CCC)COC(N)=O. The summed E-state index contributed by atoms with van der Waals surface area (Å²) in [5.74, 6) is 0. The maximum absolute atomic E-state index is 11.3. The minimum absolute atomic E-state index is 0.150. The second kappa shape index (κ2) is 8.60. The molecule has 2 amide bonds. The Morgan fingerprint density at radius 1 is 1.17 bits per heavy atom. The summed E-state index contributed by atoms with van der Waals surface area (Å²) in [5, 5.41) is 2.62. The predicted molar refractivity (Wildman–Crippen MR) is 68.2 cm³/mol. The maximum Gasteiger partial charge on any atom is 0.407 e. The molecule has 0 aliphatic rings. The van der Waals surface area contributed by atoms with Crippen LogP contribution in [0.25, 0.3) is 0 Å². The summed E-state index contributed by atoms with van der Waals surface area (Å²) in [4.78, 5) is 21.9. The highest BCUT2D eigenvalue weighted by molar-refractivity contribution is 5.67. The Kier molecular flexibility index (Phi) is 7.91. The van der Waals surface area contributed by atoms with E-state index in [4.69, 9.17) is 15.2 Å². The first-order valence-corrected chi connectivity index (χ1v) is 6.26. The first-order valence-electron chi connectivity index (χ1n) is 6.26. The molecule has 18 heavy (non-hydrogen) atoms. The van der Waals surface area contributed by atoms with Crippen molar-refractivity contribution in [1.29, 1.82) is 0 Å². The van der Waals surface area contributed by atoms with Crippen molar-refractivity contribution in [1.82, 2.24) is 5.32 Å². The van der Waals surface area contributed by atoms with Gasteiger partial charge in [-0.15, -0.1) is 0 Å². The Balaban J connectivity index is 4.15. The smallest absolute Gasteiger partial charge is 0.407 e. The van der Waals surface area contributed by atoms with Crippen LogP contribution in [0.1, 0.15) is 40.0 Å². The van der Waals surface area contributed by atoms with Gasteiger partial charge < -0.3 is 20.5 Å². The van der Waals surface area contributed by atoms with Crippen molar-refractivity contribution in [2.45, 2.75) is 40.0 Å². The minimum Gasteiger partial charge on any atom is -0.449 e. The first kappa shape index (κ1) is 16.5. The number of carbonyl (C=O) groups is 2. The molecule has 0 saturated heterocycles. The quantitative estimate of drug-likeness (QED) is 0.698. The normalized spacial score (nSPS) is 13.5. The minimum atomic E-state index is -0.812. The average molecular weight is 260 g/mol. The highest BCUT2D eigenvalue weighted by atomic mass is 16.6. The van der Waals surface area contributed by atoms with Gasteiger partial charge in [0.25, 0.3) is 0 Å². The summed E-state index contributed by atoms with van der Waals surface area (Å²) < 4.78 is 9.91. The zero-order chi connectivity index (χ0) is 14.0. The summed E-state index contributed by atoms with van der Waals surface area (Å²) in [6.45, 7) is 6.80. The number of hydrogen-bond acceptors (Lipinski definition) is 4. The fourth-order valence-corrected chi connectivity index (χ4v) is 1.55. The van der Waals surface area contributed by atoms with E-state index in [9.17, 15) is 9.59 Å². The van der Waals surface area contributed by atoms with Crippen molar-refractivity contribution in [3.05, 3.63) is 0 Å². The van der Waals surface area contributed by atoms with Crippen LogP contribution >= 0.6 is 0 Å². The fraction of sp³-hybridized carbons (Fsp3) is 0.833. The van der Waals surface area contributed by atoms with E-state index in [2.05, 4.69) is 5.32 Å². The summed E-state index contributed by atoms with van der Waals surface area (Å²) in [7, 11) is 0. The largest absolute Gasteiger partial charge is 0.449 e. The number of rotatable bonds is 8. The third-order valence-corrected chi connectivity index (χ3v) is 2.49. The van der Waals surface area contributed by atoms with Crippen LogP contribution in [-0.2, 0) is 9.47 Å². The highest BCUT2D eigenvalue weighted by Gasteiger charge is 2.27. The molecular weight excluding hydrogens is 236 g/mol. The summed E-state index contributed by atoms with van der Waals surface area (Å²) in [6.07, 6.45) is 1.28. The van der Waals surface area contributed by atoms with Crippen LogP contribution in [-0.4, -0.2) is 31.9 Å². The number of ether oxygens (including phenoxy) is 2. The third kappa shape index (κ3) is 7.76. The van der Waals surface area contributed by atoms with Gasteiger partial charge in [-0.1, -0.05) is 27.2 Å². The number of nitrogens with one attached hydrogen (secondary N) is 1. The third-order valence-electron chi connectivity index (χ3n) is 2.49. The number of nitrogens with two attached hydrogens (primary N) is 1. The Hall–Kier alpha value is -1.46. The van der Waals surface area contributed by atoms with E-state index in [1.807, 2.05) is 20.8 Å². The lowest BCUT2D eigenvalue weighted by Crippen LogP contribution is -2.35. The lowest BCUT2D eigenvalue weighted by atomic mass is 9.87. The molecule has 3 N–H and O–H groups in total. The zero-order valence-electron chi connectivity index (χ0n) is 11.5. The van der Waals surface area contributed by atoms with Crippen molar-refractivity contribution in [2.24, 2.45) is 11.1 Å². The number of alkyl carbamates (subject to hydrolysis) is 1. The molecule has 1 atom stereocenters. The Morgan fingerprint density at radius 3 is 2.28 bits per heavy atom. The van der Waals surface area contributed by atoms with E-state index >= 15 is 0 Å². The van der Waals surface area contributed by atoms with Crippen LogP contribution in [0.3, 0.4) is 0 Å². The molecule has 0 radical (unpaired) electrons. The molecule has 0 bridgehead atoms. The van der Waals surface area contributed by atoms with Crippen LogP contribution < -0.4 is 11.1 Å². The van der Waals surface area contributed by atoms with Crippen LogP contribution in [0.5, 0.6) is 0 Å². The summed E-state index contributed by atoms with van der Waals surface area (Å²) >= 11 is 0. The molecule has 6 nitrogen and oxygen atoms in total. The molecule has 0 rings (SSSR count). The highest BCUT2D eigenvalue weighted by Crippen LogP contribution is 2.24.